The van der Waals surface area contributed by atoms with Crippen molar-refractivity contribution in [1.29, 1.82) is 0 Å². The number of aliphatic hydroxyl groups excluding tert-OH is 1. The Morgan fingerprint density at radius 2 is 1.22 bits per heavy atom. The second-order valence-corrected chi connectivity index (χ2v) is 25.8. The molecular formula is C75H102N8O17. The van der Waals surface area contributed by atoms with Gasteiger partial charge in [0, 0.05) is 55.8 Å². The Kier molecular flexibility index (Phi) is 30.8. The first-order chi connectivity index (χ1) is 48.5. The van der Waals surface area contributed by atoms with Crippen LogP contribution < -0.4 is 45.1 Å². The maximum absolute atomic E-state index is 14.4. The molecule has 7 amide bonds. The Labute approximate surface area is 587 Å². The zero-order chi connectivity index (χ0) is 71.3. The van der Waals surface area contributed by atoms with Crippen molar-refractivity contribution in [2.75, 3.05) is 97.0 Å². The first-order valence-electron chi connectivity index (χ1n) is 35.3. The molecule has 5 aliphatic rings. The van der Waals surface area contributed by atoms with E-state index in [1.165, 1.54) is 76.7 Å². The van der Waals surface area contributed by atoms with Gasteiger partial charge in [-0.3, -0.25) is 33.8 Å². The molecule has 0 unspecified atom stereocenters. The van der Waals surface area contributed by atoms with Crippen molar-refractivity contribution in [1.82, 2.24) is 25.8 Å². The van der Waals surface area contributed by atoms with E-state index in [1.54, 1.807) is 67.6 Å². The molecule has 1 fully saturated rings. The van der Waals surface area contributed by atoms with Gasteiger partial charge in [0.1, 0.15) is 18.7 Å². The normalized spacial score (nSPS) is 18.3. The van der Waals surface area contributed by atoms with Gasteiger partial charge in [0.15, 0.2) is 29.2 Å². The highest BCUT2D eigenvalue weighted by Crippen LogP contribution is 2.43. The zero-order valence-electron chi connectivity index (χ0n) is 59.1. The minimum absolute atomic E-state index is 0.00216. The topological polar surface area (TPSA) is 293 Å². The van der Waals surface area contributed by atoms with Crippen molar-refractivity contribution in [3.8, 4) is 23.0 Å². The lowest BCUT2D eigenvalue weighted by Gasteiger charge is -2.31. The molecule has 1 aliphatic carbocycles. The minimum atomic E-state index is -1.55. The number of carbonyl (C=O) groups is 7. The van der Waals surface area contributed by atoms with Gasteiger partial charge in [0.2, 0.25) is 23.6 Å². The molecule has 25 nitrogen and oxygen atoms in total. The summed E-state index contributed by atoms with van der Waals surface area (Å²) in [7, 11) is 2.97. The number of allylic oxidation sites excluding steroid dienone is 4. The van der Waals surface area contributed by atoms with Crippen LogP contribution in [0.3, 0.4) is 0 Å². The van der Waals surface area contributed by atoms with Gasteiger partial charge in [-0.1, -0.05) is 88.8 Å². The molecule has 5 atom stereocenters. The summed E-state index contributed by atoms with van der Waals surface area (Å²) >= 11 is 0. The van der Waals surface area contributed by atoms with Gasteiger partial charge in [-0.05, 0) is 119 Å². The molecule has 544 valence electrons. The van der Waals surface area contributed by atoms with Crippen molar-refractivity contribution in [3.63, 3.8) is 0 Å². The van der Waals surface area contributed by atoms with E-state index < -0.39 is 54.1 Å². The number of aliphatic imine (C=N–C) groups is 1. The molecule has 0 radical (unpaired) electrons. The lowest BCUT2D eigenvalue weighted by atomic mass is 9.93. The molecular weight excluding hydrogens is 1280 g/mol. The summed E-state index contributed by atoms with van der Waals surface area (Å²) < 4.78 is 52.0. The van der Waals surface area contributed by atoms with Crippen LogP contribution in [0.5, 0.6) is 23.0 Å². The van der Waals surface area contributed by atoms with Crippen LogP contribution in [0, 0.1) is 11.8 Å². The van der Waals surface area contributed by atoms with Crippen LogP contribution in [0.4, 0.5) is 21.9 Å². The number of carbonyl (C=O) groups excluding carboxylic acids is 7. The number of hydrogen-bond donors (Lipinski definition) is 5. The van der Waals surface area contributed by atoms with Crippen LogP contribution in [0.25, 0.3) is 0 Å². The molecule has 8 rings (SSSR count). The largest absolute Gasteiger partial charge is 0.493 e. The van der Waals surface area contributed by atoms with Gasteiger partial charge in [-0.15, -0.1) is 0 Å². The molecule has 25 heteroatoms. The maximum atomic E-state index is 14.4. The van der Waals surface area contributed by atoms with Crippen LogP contribution in [-0.4, -0.2) is 180 Å². The molecule has 4 heterocycles. The Morgan fingerprint density at radius 3 is 1.85 bits per heavy atom. The van der Waals surface area contributed by atoms with Crippen LogP contribution >= 0.6 is 0 Å². The Morgan fingerprint density at radius 1 is 0.640 bits per heavy atom. The van der Waals surface area contributed by atoms with E-state index >= 15 is 0 Å². The quantitative estimate of drug-likeness (QED) is 0.0335. The summed E-state index contributed by atoms with van der Waals surface area (Å²) in [5, 5.41) is 23.3. The molecule has 4 aliphatic heterocycles. The third-order valence-corrected chi connectivity index (χ3v) is 17.9. The number of anilines is 2. The fourth-order valence-electron chi connectivity index (χ4n) is 12.5. The van der Waals surface area contributed by atoms with Crippen LogP contribution in [0.15, 0.2) is 101 Å². The monoisotopic (exact) mass is 1390 g/mol. The molecule has 0 aromatic heterocycles. The Bertz CT molecular complexity index is 3400. The van der Waals surface area contributed by atoms with Gasteiger partial charge in [-0.2, -0.15) is 0 Å². The number of rotatable bonds is 37. The Balaban J connectivity index is 0.740. The Hall–Kier alpha value is -8.62. The number of methoxy groups -OCH3 is 2. The predicted molar refractivity (Wildman–Crippen MR) is 378 cm³/mol. The van der Waals surface area contributed by atoms with Crippen LogP contribution in [-0.2, 0) is 49.5 Å². The van der Waals surface area contributed by atoms with Crippen LogP contribution in [0.2, 0.25) is 0 Å². The number of benzene rings is 3. The standard InChI is InChI=1S/C75H102N8O17/c1-8-19-54-39-57-46-77-60-44-65(63(92-6)42-58(60)72(88)81(57)47-54)98-29-17-14-18-30-99-66-45-61-59(43-64(66)93-7)73(89)82-48-55(20-9-2)40-62(82)74(90)83(61)75(91)100-49-53-23-25-56(26-24-53)79-70(86)51(5)78-71(87)69(50(3)4)80-67(84)27-31-94-33-35-96-37-38-97-36-34-95-32-28-76-68(85)41-52-21-15-12-10-11-13-16-22-52/h8-9,19-20,23-26,42-48,50-52,57,62,69,74,90H,10-18,21-22,27-41,49H2,1-7H3,(H,76,85)(H,78,87)(H,79,86)(H,80,84)/b19-8+,20-9+/t51-,57-,62-,69-,74-/m0/s1. The van der Waals surface area contributed by atoms with Gasteiger partial charge in [-0.25, -0.2) is 9.69 Å². The van der Waals surface area contributed by atoms with E-state index in [1.807, 2.05) is 44.4 Å². The number of nitrogens with zero attached hydrogens (tertiary/aromatic N) is 4. The first-order valence-corrected chi connectivity index (χ1v) is 35.3. The SMILES string of the molecule is C/C=C/C1=CN2C(=O)c3cc(OC)c(OCCCCCOc4cc5c(cc4OC)C(=O)N4C=C(/C=C/C)C[C@H]4[C@H](O)N5C(=O)OCc4ccc(NC(=O)[C@H](C)NC(=O)[C@@H](NC(=O)CCOCCOCCOCCOCCNC(=O)CC5CCCCCCCC5)C(C)C)cc4)cc3N=C[C@@H]2C1. The number of fused-ring (bicyclic) bond motifs is 4. The summed E-state index contributed by atoms with van der Waals surface area (Å²) in [6, 6.07) is 9.93. The van der Waals surface area contributed by atoms with Crippen molar-refractivity contribution in [2.24, 2.45) is 16.8 Å². The van der Waals surface area contributed by atoms with Gasteiger partial charge in [0.25, 0.3) is 11.8 Å². The zero-order valence-corrected chi connectivity index (χ0v) is 59.1. The molecule has 3 aromatic rings. The van der Waals surface area contributed by atoms with E-state index in [2.05, 4.69) is 26.3 Å². The lowest BCUT2D eigenvalue weighted by molar-refractivity contribution is -0.132. The summed E-state index contributed by atoms with van der Waals surface area (Å²) in [5.41, 5.74) is 3.80. The summed E-state index contributed by atoms with van der Waals surface area (Å²) in [4.78, 5) is 103. The van der Waals surface area contributed by atoms with E-state index in [4.69, 9.17) is 42.6 Å². The second kappa shape index (κ2) is 40.0. The summed E-state index contributed by atoms with van der Waals surface area (Å²) in [5.74, 6) is -0.460. The fourth-order valence-corrected chi connectivity index (χ4v) is 12.5. The number of ether oxygens (including phenoxy) is 9. The molecule has 0 spiro atoms. The fraction of sp³-hybridized carbons (Fsp3) is 0.547. The third-order valence-electron chi connectivity index (χ3n) is 17.9. The molecule has 100 heavy (non-hydrogen) atoms. The maximum Gasteiger partial charge on any atom is 0.416 e. The third kappa shape index (κ3) is 22.4. The molecule has 1 saturated carbocycles. The second-order valence-electron chi connectivity index (χ2n) is 25.8. The average Bonchev–Trinajstić information content (AvgIpc) is 1.56. The summed E-state index contributed by atoms with van der Waals surface area (Å²) in [6.45, 7) is 12.3. The van der Waals surface area contributed by atoms with E-state index in [-0.39, 0.29) is 85.8 Å². The highest BCUT2D eigenvalue weighted by molar-refractivity contribution is 6.07. The van der Waals surface area contributed by atoms with E-state index in [9.17, 15) is 38.7 Å². The molecule has 5 N–H and O–H groups in total. The highest BCUT2D eigenvalue weighted by Gasteiger charge is 2.46. The number of nitrogens with one attached hydrogen (secondary N) is 4. The van der Waals surface area contributed by atoms with E-state index in [0.717, 1.165) is 28.9 Å². The number of aliphatic hydroxyl groups is 1. The average molecular weight is 1390 g/mol. The molecule has 0 saturated heterocycles. The van der Waals surface area contributed by atoms with Crippen molar-refractivity contribution < 1.29 is 81.3 Å². The van der Waals surface area contributed by atoms with Crippen LogP contribution in [0.1, 0.15) is 157 Å². The van der Waals surface area contributed by atoms with Crippen molar-refractivity contribution >= 4 is 64.8 Å². The number of hydrogen-bond acceptors (Lipinski definition) is 18. The first kappa shape index (κ1) is 77.1. The summed E-state index contributed by atoms with van der Waals surface area (Å²) in [6.07, 6.45) is 23.7. The predicted octanol–water partition coefficient (Wildman–Crippen LogP) is 10.2. The van der Waals surface area contributed by atoms with Crippen molar-refractivity contribution in [3.05, 3.63) is 113 Å². The van der Waals surface area contributed by atoms with Gasteiger partial charge >= 0.3 is 6.09 Å². The molecule has 3 aromatic carbocycles. The minimum Gasteiger partial charge on any atom is -0.493 e. The smallest absolute Gasteiger partial charge is 0.416 e. The molecule has 0 bridgehead atoms. The lowest BCUT2D eigenvalue weighted by Crippen LogP contribution is -2.53. The van der Waals surface area contributed by atoms with Gasteiger partial charge < -0.3 is 78.8 Å². The van der Waals surface area contributed by atoms with Crippen molar-refractivity contribution in [2.45, 2.75) is 168 Å². The highest BCUT2D eigenvalue weighted by atomic mass is 16.6. The number of unbranched alkanes of at least 4 members (excludes halogenated alkanes) is 2. The number of amides is 7. The van der Waals surface area contributed by atoms with E-state index in [0.29, 0.717) is 125 Å². The van der Waals surface area contributed by atoms with Gasteiger partial charge in [0.05, 0.1) is 115 Å².